The van der Waals surface area contributed by atoms with Crippen molar-refractivity contribution in [3.05, 3.63) is 81.9 Å². The van der Waals surface area contributed by atoms with Crippen LogP contribution in [-0.4, -0.2) is 99.6 Å². The molecule has 3 aromatic rings. The van der Waals surface area contributed by atoms with Crippen LogP contribution in [0, 0.1) is 17.8 Å². The second kappa shape index (κ2) is 16.1. The van der Waals surface area contributed by atoms with E-state index in [4.69, 9.17) is 4.74 Å². The Bertz CT molecular complexity index is 2280. The summed E-state index contributed by atoms with van der Waals surface area (Å²) >= 11 is 0. The van der Waals surface area contributed by atoms with E-state index in [0.717, 1.165) is 82.0 Å². The zero-order valence-corrected chi connectivity index (χ0v) is 34.9. The Balaban J connectivity index is 0.857. The molecule has 4 fully saturated rings. The van der Waals surface area contributed by atoms with Crippen LogP contribution in [0.4, 0.5) is 18.9 Å². The van der Waals surface area contributed by atoms with Gasteiger partial charge in [-0.1, -0.05) is 18.2 Å². The van der Waals surface area contributed by atoms with Gasteiger partial charge in [0.25, 0.3) is 5.91 Å². The second-order valence-corrected chi connectivity index (χ2v) is 17.8. The van der Waals surface area contributed by atoms with E-state index in [2.05, 4.69) is 63.4 Å². The summed E-state index contributed by atoms with van der Waals surface area (Å²) in [5.41, 5.74) is 1.09. The molecule has 2 aliphatic carbocycles. The first-order valence-electron chi connectivity index (χ1n) is 21.1. The smallest absolute Gasteiger partial charge is 0.433 e. The molecule has 3 atom stereocenters. The van der Waals surface area contributed by atoms with Gasteiger partial charge in [0.1, 0.15) is 23.2 Å². The van der Waals surface area contributed by atoms with Gasteiger partial charge in [-0.05, 0) is 102 Å². The van der Waals surface area contributed by atoms with Crippen molar-refractivity contribution < 1.29 is 32.3 Å². The van der Waals surface area contributed by atoms with Crippen molar-refractivity contribution in [1.29, 1.82) is 0 Å². The third-order valence-corrected chi connectivity index (χ3v) is 14.0. The summed E-state index contributed by atoms with van der Waals surface area (Å²) in [6, 6.07) is 9.32. The molecule has 3 aliphatic heterocycles. The number of alkyl halides is 3. The molecule has 1 saturated carbocycles. The second-order valence-electron chi connectivity index (χ2n) is 17.8. The molecule has 0 radical (unpaired) electrons. The van der Waals surface area contributed by atoms with Crippen molar-refractivity contribution in [1.82, 2.24) is 34.6 Å². The lowest BCUT2D eigenvalue weighted by Gasteiger charge is -2.44. The van der Waals surface area contributed by atoms with E-state index < -0.39 is 29.7 Å². The number of nitrogens with zero attached hydrogens (tertiary/aromatic N) is 6. The molecule has 0 spiro atoms. The predicted octanol–water partition coefficient (Wildman–Crippen LogP) is 5.38. The molecule has 3 amide bonds. The SMILES string of the molecule is COC1=CC2C(C=C1NC(=O)c1cccc(C(F)(F)F)n1)CN(C1CCC(CN(C)C3CCN(c4cccc5c4n(C)c(=O)n5C4CCC(=O)NC4=O)CC3)CC1)C2(C)C. The lowest BCUT2D eigenvalue weighted by atomic mass is 9.78. The van der Waals surface area contributed by atoms with Crippen molar-refractivity contribution in [3.8, 4) is 0 Å². The van der Waals surface area contributed by atoms with E-state index in [1.54, 1.807) is 16.2 Å². The van der Waals surface area contributed by atoms with E-state index in [0.29, 0.717) is 41.4 Å². The van der Waals surface area contributed by atoms with E-state index in [9.17, 15) is 32.3 Å². The van der Waals surface area contributed by atoms with Gasteiger partial charge in [-0.3, -0.25) is 33.7 Å². The average Bonchev–Trinajstić information content (AvgIpc) is 3.64. The number of piperidine rings is 2. The normalized spacial score (nSPS) is 26.5. The van der Waals surface area contributed by atoms with Crippen LogP contribution in [0.15, 0.2) is 64.8 Å². The van der Waals surface area contributed by atoms with E-state index in [1.165, 1.54) is 19.2 Å². The number of aryl methyl sites for hydroxylation is 1. The third-order valence-electron chi connectivity index (χ3n) is 14.0. The fourth-order valence-electron chi connectivity index (χ4n) is 10.8. The number of nitrogens with one attached hydrogen (secondary N) is 2. The van der Waals surface area contributed by atoms with Gasteiger partial charge in [0, 0.05) is 69.1 Å². The molecule has 60 heavy (non-hydrogen) atoms. The van der Waals surface area contributed by atoms with Crippen LogP contribution in [-0.2, 0) is 27.5 Å². The molecule has 16 heteroatoms. The number of carbonyl (C=O) groups is 3. The highest BCUT2D eigenvalue weighted by Gasteiger charge is 2.50. The summed E-state index contributed by atoms with van der Waals surface area (Å²) in [5, 5.41) is 5.17. The van der Waals surface area contributed by atoms with E-state index >= 15 is 0 Å². The molecule has 322 valence electrons. The van der Waals surface area contributed by atoms with Crippen LogP contribution in [0.5, 0.6) is 0 Å². The van der Waals surface area contributed by atoms with E-state index in [-0.39, 0.29) is 41.1 Å². The molecule has 5 aliphatic rings. The fourth-order valence-corrected chi connectivity index (χ4v) is 10.8. The number of benzene rings is 1. The molecule has 2 aromatic heterocycles. The molecule has 3 saturated heterocycles. The zero-order chi connectivity index (χ0) is 42.7. The number of carbonyl (C=O) groups excluding carboxylic acids is 3. The number of amides is 3. The van der Waals surface area contributed by atoms with Crippen LogP contribution in [0.2, 0.25) is 0 Å². The van der Waals surface area contributed by atoms with E-state index in [1.807, 2.05) is 18.2 Å². The number of fused-ring (bicyclic) bond motifs is 2. The van der Waals surface area contributed by atoms with Crippen molar-refractivity contribution in [2.24, 2.45) is 24.8 Å². The van der Waals surface area contributed by atoms with Crippen LogP contribution in [0.1, 0.15) is 87.4 Å². The minimum atomic E-state index is -4.65. The van der Waals surface area contributed by atoms with Crippen LogP contribution < -0.4 is 21.2 Å². The summed E-state index contributed by atoms with van der Waals surface area (Å²) < 4.78 is 48.7. The fraction of sp³-hybridized carbons (Fsp3) is 0.568. The number of likely N-dealkylation sites (tertiary alicyclic amines) is 1. The van der Waals surface area contributed by atoms with Gasteiger partial charge in [-0.2, -0.15) is 13.2 Å². The molecule has 13 nitrogen and oxygen atoms in total. The first kappa shape index (κ1) is 41.8. The van der Waals surface area contributed by atoms with Gasteiger partial charge in [-0.15, -0.1) is 0 Å². The topological polar surface area (TPSA) is 134 Å². The summed E-state index contributed by atoms with van der Waals surface area (Å²) in [4.78, 5) is 62.2. The molecular formula is C44H55F3N8O5. The largest absolute Gasteiger partial charge is 0.495 e. The van der Waals surface area contributed by atoms with Gasteiger partial charge in [0.05, 0.1) is 29.5 Å². The Morgan fingerprint density at radius 3 is 2.40 bits per heavy atom. The Morgan fingerprint density at radius 2 is 1.72 bits per heavy atom. The molecule has 1 aromatic carbocycles. The number of halogens is 3. The van der Waals surface area contributed by atoms with Gasteiger partial charge in [-0.25, -0.2) is 9.78 Å². The number of aromatic nitrogens is 3. The maximum atomic E-state index is 13.5. The van der Waals surface area contributed by atoms with Crippen LogP contribution >= 0.6 is 0 Å². The number of imide groups is 1. The molecule has 8 rings (SSSR count). The number of ether oxygens (including phenoxy) is 1. The summed E-state index contributed by atoms with van der Waals surface area (Å²) in [6.45, 7) is 8.09. The van der Waals surface area contributed by atoms with Crippen LogP contribution in [0.3, 0.4) is 0 Å². The first-order chi connectivity index (χ1) is 28.5. The molecule has 3 unspecified atom stereocenters. The van der Waals surface area contributed by atoms with Gasteiger partial charge < -0.3 is 19.9 Å². The van der Waals surface area contributed by atoms with Gasteiger partial charge in [0.15, 0.2) is 0 Å². The van der Waals surface area contributed by atoms with Crippen molar-refractivity contribution >= 4 is 34.4 Å². The number of hydrogen-bond acceptors (Lipinski definition) is 9. The third kappa shape index (κ3) is 7.76. The Hall–Kier alpha value is -4.96. The molecule has 0 bridgehead atoms. The lowest BCUT2D eigenvalue weighted by Crippen LogP contribution is -2.50. The minimum Gasteiger partial charge on any atom is -0.495 e. The number of rotatable bonds is 9. The number of para-hydroxylation sites is 1. The number of pyridine rings is 1. The highest BCUT2D eigenvalue weighted by molar-refractivity contribution is 6.00. The maximum Gasteiger partial charge on any atom is 0.433 e. The average molecular weight is 833 g/mol. The molecule has 5 heterocycles. The monoisotopic (exact) mass is 832 g/mol. The van der Waals surface area contributed by atoms with Crippen LogP contribution in [0.25, 0.3) is 11.0 Å². The quantitative estimate of drug-likeness (QED) is 0.273. The maximum absolute atomic E-state index is 13.5. The molecule has 2 N–H and O–H groups in total. The minimum absolute atomic E-state index is 0.0977. The highest BCUT2D eigenvalue weighted by Crippen LogP contribution is 2.47. The Kier molecular flexibility index (Phi) is 11.2. The first-order valence-corrected chi connectivity index (χ1v) is 21.1. The number of anilines is 1. The van der Waals surface area contributed by atoms with Gasteiger partial charge >= 0.3 is 11.9 Å². The Morgan fingerprint density at radius 1 is 1.00 bits per heavy atom. The number of methoxy groups -OCH3 is 1. The summed E-state index contributed by atoms with van der Waals surface area (Å²) in [7, 11) is 5.53. The summed E-state index contributed by atoms with van der Waals surface area (Å²) in [6.07, 6.45) is 6.37. The standard InChI is InChI=1S/C44H55F3N8O5/c1-43(2)30-23-36(60-5)32(49-40(57)31-8-6-11-37(48-31)44(45,46)47)22-27(30)25-54(43)29-14-12-26(13-15-29)24-51(3)28-18-20-53(21-19-28)33-9-7-10-34-39(33)52(4)42(59)55(34)35-16-17-38(56)50-41(35)58/h6-11,22-23,26-30,35H,12-21,24-25H2,1-5H3,(H,49,57)(H,50,56,58). The number of hydrogen-bond donors (Lipinski definition) is 2. The van der Waals surface area contributed by atoms with Gasteiger partial charge in [0.2, 0.25) is 11.8 Å². The summed E-state index contributed by atoms with van der Waals surface area (Å²) in [5.74, 6) is -0.138. The lowest BCUT2D eigenvalue weighted by molar-refractivity contribution is -0.141. The van der Waals surface area contributed by atoms with Crippen molar-refractivity contribution in [3.63, 3.8) is 0 Å². The highest BCUT2D eigenvalue weighted by atomic mass is 19.4. The molecular weight excluding hydrogens is 778 g/mol. The predicted molar refractivity (Wildman–Crippen MR) is 220 cm³/mol. The number of imidazole rings is 1. The Labute approximate surface area is 347 Å². The zero-order valence-electron chi connectivity index (χ0n) is 34.9. The van der Waals surface area contributed by atoms with Crippen molar-refractivity contribution in [2.45, 2.75) is 95.1 Å². The van der Waals surface area contributed by atoms with Crippen molar-refractivity contribution in [2.75, 3.05) is 45.2 Å².